The summed E-state index contributed by atoms with van der Waals surface area (Å²) in [5.41, 5.74) is -8.39. The first-order chi connectivity index (χ1) is 16.3. The lowest BCUT2D eigenvalue weighted by molar-refractivity contribution is -0.386. The number of nitrogens with zero attached hydrogens (tertiary/aromatic N) is 2. The molecule has 0 atom stereocenters. The Kier molecular flexibility index (Phi) is 6.61. The molecule has 19 heteroatoms. The van der Waals surface area contributed by atoms with Crippen molar-refractivity contribution >= 4 is 61.0 Å². The zero-order valence-electron chi connectivity index (χ0n) is 16.1. The van der Waals surface area contributed by atoms with Crippen LogP contribution in [0, 0.1) is 37.7 Å². The largest absolute Gasteiger partial charge is 0.333 e. The van der Waals surface area contributed by atoms with Crippen LogP contribution in [0.4, 0.5) is 24.5 Å². The molecule has 182 valence electrons. The van der Waals surface area contributed by atoms with Gasteiger partial charge in [-0.1, -0.05) is 11.6 Å². The summed E-state index contributed by atoms with van der Waals surface area (Å²) < 4.78 is 39.8. The number of hydrogen-bond donors (Lipinski definition) is 4. The first-order valence-electron chi connectivity index (χ1n) is 8.52. The van der Waals surface area contributed by atoms with Gasteiger partial charge in [-0.05, 0) is 22.0 Å². The van der Waals surface area contributed by atoms with Crippen LogP contribution in [0.2, 0.25) is 5.02 Å². The van der Waals surface area contributed by atoms with Gasteiger partial charge in [-0.15, -0.1) is 0 Å². The lowest BCUT2D eigenvalue weighted by atomic mass is 10.2. The van der Waals surface area contributed by atoms with Crippen LogP contribution in [-0.2, 0) is 0 Å². The van der Waals surface area contributed by atoms with Crippen LogP contribution in [0.15, 0.2) is 29.7 Å². The third-order valence-corrected chi connectivity index (χ3v) is 5.47. The quantitative estimate of drug-likeness (QED) is 0.119. The molecule has 0 unspecified atom stereocenters. The molecule has 0 aliphatic heterocycles. The molecule has 0 saturated carbocycles. The Balaban J connectivity index is 0.000000196. The van der Waals surface area contributed by atoms with Gasteiger partial charge in [-0.25, -0.2) is 8.78 Å². The topological polar surface area (TPSA) is 218 Å². The molecule has 2 aromatic carbocycles. The Morgan fingerprint density at radius 1 is 0.714 bits per heavy atom. The van der Waals surface area contributed by atoms with Gasteiger partial charge in [0.1, 0.15) is 16.1 Å². The highest BCUT2D eigenvalue weighted by atomic mass is 79.9. The van der Waals surface area contributed by atoms with Crippen LogP contribution in [0.25, 0.3) is 22.1 Å². The van der Waals surface area contributed by atoms with E-state index >= 15 is 0 Å². The zero-order chi connectivity index (χ0) is 26.4. The molecule has 0 aliphatic rings. The number of nitro benzene ring substituents is 2. The molecule has 4 N–H and O–H groups in total. The molecule has 0 saturated heterocycles. The predicted molar refractivity (Wildman–Crippen MR) is 116 cm³/mol. The standard InChI is InChI=1S/C8H3BrClN3O4.C8H2F3N3O4/c9-2-1-3-5(6(4(2)10)13(16)17)12-8(15)7(14)11-3;9-1-2(10)4-5(6(3(1)11)14(17)18)13-8(16)7(15)12-4/h1H,(H,11,14)(H,12,15);(H,12,15)(H,13,16). The number of hydrogen-bond acceptors (Lipinski definition) is 8. The van der Waals surface area contributed by atoms with Crippen molar-refractivity contribution in [2.24, 2.45) is 0 Å². The van der Waals surface area contributed by atoms with Crippen molar-refractivity contribution < 1.29 is 23.0 Å². The molecule has 0 fully saturated rings. The van der Waals surface area contributed by atoms with Gasteiger partial charge < -0.3 is 19.9 Å². The fourth-order valence-corrected chi connectivity index (χ4v) is 3.39. The number of benzene rings is 2. The Morgan fingerprint density at radius 3 is 1.69 bits per heavy atom. The van der Waals surface area contributed by atoms with E-state index in [4.69, 9.17) is 11.6 Å². The Hall–Kier alpha value is -4.32. The SMILES string of the molecule is O=c1[nH]c2c(F)c(F)c(F)c([N+](=O)[O-])c2[nH]c1=O.O=c1[nH]c2cc(Br)c(Cl)c([N+](=O)[O-])c2[nH]c1=O. The molecule has 2 heterocycles. The third kappa shape index (κ3) is 4.43. The van der Waals surface area contributed by atoms with Gasteiger partial charge in [0, 0.05) is 4.47 Å². The van der Waals surface area contributed by atoms with Crippen molar-refractivity contribution in [2.45, 2.75) is 0 Å². The summed E-state index contributed by atoms with van der Waals surface area (Å²) in [4.78, 5) is 71.0. The maximum Gasteiger partial charge on any atom is 0.333 e. The second-order valence-corrected chi connectivity index (χ2v) is 7.55. The van der Waals surface area contributed by atoms with E-state index in [0.717, 1.165) is 0 Å². The molecule has 2 aromatic heterocycles. The van der Waals surface area contributed by atoms with E-state index in [9.17, 15) is 52.6 Å². The Bertz CT molecular complexity index is 1810. The van der Waals surface area contributed by atoms with E-state index in [0.29, 0.717) is 0 Å². The Morgan fingerprint density at radius 2 is 1.17 bits per heavy atom. The van der Waals surface area contributed by atoms with Crippen LogP contribution < -0.4 is 22.2 Å². The first-order valence-corrected chi connectivity index (χ1v) is 9.69. The number of halogens is 5. The molecule has 0 radical (unpaired) electrons. The molecular formula is C16H5BrClF3N6O8. The van der Waals surface area contributed by atoms with Crippen molar-refractivity contribution in [3.05, 3.63) is 94.7 Å². The van der Waals surface area contributed by atoms with Crippen LogP contribution in [0.1, 0.15) is 0 Å². The minimum absolute atomic E-state index is 0.118. The number of rotatable bonds is 2. The normalized spacial score (nSPS) is 10.8. The summed E-state index contributed by atoms with van der Waals surface area (Å²) in [6.07, 6.45) is 0. The number of nitrogens with one attached hydrogen (secondary N) is 4. The van der Waals surface area contributed by atoms with Gasteiger partial charge in [0.2, 0.25) is 11.6 Å². The van der Waals surface area contributed by atoms with E-state index < -0.39 is 71.9 Å². The van der Waals surface area contributed by atoms with E-state index in [-0.39, 0.29) is 20.5 Å². The highest BCUT2D eigenvalue weighted by molar-refractivity contribution is 9.10. The fourth-order valence-electron chi connectivity index (χ4n) is 2.76. The van der Waals surface area contributed by atoms with Gasteiger partial charge in [-0.3, -0.25) is 39.4 Å². The number of fused-ring (bicyclic) bond motifs is 2. The molecule has 4 rings (SSSR count). The first kappa shape index (κ1) is 25.3. The minimum atomic E-state index is -2.11. The van der Waals surface area contributed by atoms with E-state index in [1.807, 2.05) is 0 Å². The second-order valence-electron chi connectivity index (χ2n) is 6.31. The molecule has 0 bridgehead atoms. The molecule has 14 nitrogen and oxygen atoms in total. The summed E-state index contributed by atoms with van der Waals surface area (Å²) in [7, 11) is 0. The van der Waals surface area contributed by atoms with Gasteiger partial charge in [0.25, 0.3) is 0 Å². The number of H-pyrrole nitrogens is 4. The molecule has 4 aromatic rings. The van der Waals surface area contributed by atoms with E-state index in [1.54, 1.807) is 9.97 Å². The summed E-state index contributed by atoms with van der Waals surface area (Å²) in [6.45, 7) is 0. The maximum absolute atomic E-state index is 13.3. The monoisotopic (exact) mass is 580 g/mol. The van der Waals surface area contributed by atoms with Crippen LogP contribution in [0.5, 0.6) is 0 Å². The molecule has 0 amide bonds. The lowest BCUT2D eigenvalue weighted by Gasteiger charge is -2.03. The van der Waals surface area contributed by atoms with Crippen molar-refractivity contribution in [3.8, 4) is 0 Å². The van der Waals surface area contributed by atoms with Crippen molar-refractivity contribution in [2.75, 3.05) is 0 Å². The summed E-state index contributed by atoms with van der Waals surface area (Å²) in [6, 6.07) is 1.38. The summed E-state index contributed by atoms with van der Waals surface area (Å²) in [5, 5.41) is 21.3. The average molecular weight is 582 g/mol. The van der Waals surface area contributed by atoms with Gasteiger partial charge in [0.05, 0.1) is 15.4 Å². The predicted octanol–water partition coefficient (Wildman–Crippen LogP) is 2.08. The van der Waals surface area contributed by atoms with Crippen LogP contribution in [-0.4, -0.2) is 29.8 Å². The Labute approximate surface area is 198 Å². The molecule has 35 heavy (non-hydrogen) atoms. The van der Waals surface area contributed by atoms with Gasteiger partial charge in [-0.2, -0.15) is 4.39 Å². The molecule has 0 spiro atoms. The fraction of sp³-hybridized carbons (Fsp3) is 0. The number of nitro groups is 2. The van der Waals surface area contributed by atoms with Crippen molar-refractivity contribution in [3.63, 3.8) is 0 Å². The van der Waals surface area contributed by atoms with E-state index in [1.165, 1.54) is 6.07 Å². The zero-order valence-corrected chi connectivity index (χ0v) is 18.5. The number of aromatic amines is 4. The summed E-state index contributed by atoms with van der Waals surface area (Å²) >= 11 is 8.78. The van der Waals surface area contributed by atoms with E-state index in [2.05, 4.69) is 25.9 Å². The van der Waals surface area contributed by atoms with Gasteiger partial charge >= 0.3 is 33.6 Å². The smallest absolute Gasteiger partial charge is 0.316 e. The molecule has 0 aliphatic carbocycles. The second kappa shape index (κ2) is 9.14. The lowest BCUT2D eigenvalue weighted by Crippen LogP contribution is -2.29. The highest BCUT2D eigenvalue weighted by Gasteiger charge is 2.29. The van der Waals surface area contributed by atoms with Crippen LogP contribution in [0.3, 0.4) is 0 Å². The minimum Gasteiger partial charge on any atom is -0.316 e. The van der Waals surface area contributed by atoms with Crippen molar-refractivity contribution in [1.29, 1.82) is 0 Å². The number of aromatic nitrogens is 4. The van der Waals surface area contributed by atoms with Crippen LogP contribution >= 0.6 is 27.5 Å². The van der Waals surface area contributed by atoms with Crippen molar-refractivity contribution in [1.82, 2.24) is 19.9 Å². The highest BCUT2D eigenvalue weighted by Crippen LogP contribution is 2.36. The molecular weight excluding hydrogens is 577 g/mol. The summed E-state index contributed by atoms with van der Waals surface area (Å²) in [5.74, 6) is -6.01. The maximum atomic E-state index is 13.3. The average Bonchev–Trinajstić information content (AvgIpc) is 2.76. The van der Waals surface area contributed by atoms with Gasteiger partial charge in [0.15, 0.2) is 11.3 Å². The third-order valence-electron chi connectivity index (χ3n) is 4.24.